The molecule has 64 heavy (non-hydrogen) atoms. The summed E-state index contributed by atoms with van der Waals surface area (Å²) in [7, 11) is 0. The highest BCUT2D eigenvalue weighted by molar-refractivity contribution is 5.71. The van der Waals surface area contributed by atoms with Gasteiger partial charge >= 0.3 is 17.9 Å². The van der Waals surface area contributed by atoms with E-state index in [-0.39, 0.29) is 31.1 Å². The number of allylic oxidation sites excluding steroid dienone is 6. The van der Waals surface area contributed by atoms with Gasteiger partial charge in [0.1, 0.15) is 13.2 Å². The predicted molar refractivity (Wildman–Crippen MR) is 275 cm³/mol. The molecule has 0 aromatic heterocycles. The summed E-state index contributed by atoms with van der Waals surface area (Å²) in [6, 6.07) is 0. The lowest BCUT2D eigenvalue weighted by molar-refractivity contribution is -0.167. The number of carbonyl (C=O) groups excluding carboxylic acids is 3. The molecule has 1 atom stereocenters. The molecular formula is C58H106O6. The number of hydrogen-bond donors (Lipinski definition) is 0. The first-order chi connectivity index (χ1) is 31.5. The standard InChI is InChI=1S/C58H106O6/c1-4-7-10-13-16-19-22-25-28-29-31-33-36-39-42-45-48-51-57(60)63-54-55(53-62-56(59)50-47-44-41-38-35-32-27-24-21-18-15-12-9-6-3)64-58(61)52-49-46-43-40-37-34-30-26-23-20-17-14-11-8-5-2/h17,20,24,26-27,30,55H,4-16,18-19,21-23,25,28-29,31-54H2,1-3H3/b20-17+,27-24+,30-26+/t55-/m1/s1. The molecule has 6 nitrogen and oxygen atoms in total. The smallest absolute Gasteiger partial charge is 0.306 e. The number of rotatable bonds is 51. The second-order valence-corrected chi connectivity index (χ2v) is 18.8. The maximum Gasteiger partial charge on any atom is 0.306 e. The van der Waals surface area contributed by atoms with Gasteiger partial charge in [-0.05, 0) is 77.0 Å². The van der Waals surface area contributed by atoms with Gasteiger partial charge in [0.25, 0.3) is 0 Å². The monoisotopic (exact) mass is 899 g/mol. The molecule has 6 heteroatoms. The summed E-state index contributed by atoms with van der Waals surface area (Å²) in [5.41, 5.74) is 0. The van der Waals surface area contributed by atoms with Crippen LogP contribution in [0.25, 0.3) is 0 Å². The van der Waals surface area contributed by atoms with Crippen LogP contribution in [0, 0.1) is 0 Å². The van der Waals surface area contributed by atoms with Gasteiger partial charge in [0.05, 0.1) is 0 Å². The molecule has 0 aromatic carbocycles. The molecule has 374 valence electrons. The van der Waals surface area contributed by atoms with E-state index >= 15 is 0 Å². The van der Waals surface area contributed by atoms with Crippen LogP contribution in [0.1, 0.15) is 297 Å². The van der Waals surface area contributed by atoms with Gasteiger partial charge in [-0.1, -0.05) is 237 Å². The van der Waals surface area contributed by atoms with Crippen LogP contribution in [0.3, 0.4) is 0 Å². The van der Waals surface area contributed by atoms with Crippen LogP contribution in [0.2, 0.25) is 0 Å². The summed E-state index contributed by atoms with van der Waals surface area (Å²) in [5, 5.41) is 0. The highest BCUT2D eigenvalue weighted by Gasteiger charge is 2.19. The SMILES string of the molecule is CCCCC/C=C/C/C=C/CCCCCCCC(=O)O[C@H](COC(=O)CCCCCCC/C=C/CCCCCCC)COC(=O)CCCCCCCCCCCCCCCCCCC. The Morgan fingerprint density at radius 3 is 0.906 bits per heavy atom. The zero-order valence-electron chi connectivity index (χ0n) is 42.8. The fraction of sp³-hybridized carbons (Fsp3) is 0.845. The lowest BCUT2D eigenvalue weighted by Crippen LogP contribution is -2.30. The summed E-state index contributed by atoms with van der Waals surface area (Å²) in [4.78, 5) is 38.1. The van der Waals surface area contributed by atoms with E-state index in [1.165, 1.54) is 167 Å². The maximum absolute atomic E-state index is 12.8. The average Bonchev–Trinajstić information content (AvgIpc) is 3.29. The van der Waals surface area contributed by atoms with Crippen molar-refractivity contribution in [3.8, 4) is 0 Å². The second-order valence-electron chi connectivity index (χ2n) is 18.8. The van der Waals surface area contributed by atoms with Crippen LogP contribution in [0.4, 0.5) is 0 Å². The van der Waals surface area contributed by atoms with Gasteiger partial charge in [-0.15, -0.1) is 0 Å². The Kier molecular flexibility index (Phi) is 51.3. The molecule has 0 aliphatic rings. The van der Waals surface area contributed by atoms with Crippen LogP contribution in [-0.4, -0.2) is 37.2 Å². The lowest BCUT2D eigenvalue weighted by atomic mass is 10.0. The molecule has 0 saturated heterocycles. The third-order valence-corrected chi connectivity index (χ3v) is 12.4. The molecule has 0 aliphatic carbocycles. The molecule has 0 N–H and O–H groups in total. The predicted octanol–water partition coefficient (Wildman–Crippen LogP) is 18.5. The summed E-state index contributed by atoms with van der Waals surface area (Å²) < 4.78 is 16.8. The fourth-order valence-electron chi connectivity index (χ4n) is 8.12. The molecule has 0 aromatic rings. The molecular weight excluding hydrogens is 793 g/mol. The van der Waals surface area contributed by atoms with E-state index in [0.717, 1.165) is 89.9 Å². The Labute approximate surface area is 397 Å². The molecule has 0 amide bonds. The van der Waals surface area contributed by atoms with Crippen molar-refractivity contribution in [3.05, 3.63) is 36.5 Å². The molecule has 0 aliphatic heterocycles. The van der Waals surface area contributed by atoms with Crippen molar-refractivity contribution in [1.82, 2.24) is 0 Å². The molecule has 0 spiro atoms. The van der Waals surface area contributed by atoms with Gasteiger partial charge in [-0.2, -0.15) is 0 Å². The van der Waals surface area contributed by atoms with Gasteiger partial charge in [-0.25, -0.2) is 0 Å². The minimum Gasteiger partial charge on any atom is -0.462 e. The summed E-state index contributed by atoms with van der Waals surface area (Å²) in [5.74, 6) is -0.885. The number of esters is 3. The number of ether oxygens (including phenoxy) is 3. The van der Waals surface area contributed by atoms with Crippen molar-refractivity contribution >= 4 is 17.9 Å². The highest BCUT2D eigenvalue weighted by Crippen LogP contribution is 2.16. The molecule has 0 bridgehead atoms. The number of unbranched alkanes of at least 4 members (excludes halogenated alkanes) is 34. The zero-order valence-corrected chi connectivity index (χ0v) is 42.8. The summed E-state index contributed by atoms with van der Waals surface area (Å²) >= 11 is 0. The Balaban J connectivity index is 4.36. The van der Waals surface area contributed by atoms with E-state index in [1.807, 2.05) is 0 Å². The average molecular weight is 899 g/mol. The van der Waals surface area contributed by atoms with Gasteiger partial charge in [-0.3, -0.25) is 14.4 Å². The van der Waals surface area contributed by atoms with Crippen LogP contribution < -0.4 is 0 Å². The van der Waals surface area contributed by atoms with Crippen molar-refractivity contribution in [3.63, 3.8) is 0 Å². The molecule has 0 heterocycles. The van der Waals surface area contributed by atoms with E-state index in [4.69, 9.17) is 14.2 Å². The first-order valence-electron chi connectivity index (χ1n) is 28.0. The van der Waals surface area contributed by atoms with Gasteiger partial charge in [0.15, 0.2) is 6.10 Å². The van der Waals surface area contributed by atoms with Gasteiger partial charge in [0, 0.05) is 19.3 Å². The summed E-state index contributed by atoms with van der Waals surface area (Å²) in [6.45, 7) is 6.62. The van der Waals surface area contributed by atoms with Gasteiger partial charge in [0.2, 0.25) is 0 Å². The second kappa shape index (κ2) is 53.2. The van der Waals surface area contributed by atoms with Crippen molar-refractivity contribution in [2.75, 3.05) is 13.2 Å². The lowest BCUT2D eigenvalue weighted by Gasteiger charge is -2.18. The van der Waals surface area contributed by atoms with Crippen LogP contribution in [-0.2, 0) is 28.6 Å². The first kappa shape index (κ1) is 61.6. The maximum atomic E-state index is 12.8. The van der Waals surface area contributed by atoms with Crippen molar-refractivity contribution in [2.24, 2.45) is 0 Å². The molecule has 0 rings (SSSR count). The van der Waals surface area contributed by atoms with E-state index < -0.39 is 6.10 Å². The van der Waals surface area contributed by atoms with E-state index in [9.17, 15) is 14.4 Å². The highest BCUT2D eigenvalue weighted by atomic mass is 16.6. The molecule has 0 radical (unpaired) electrons. The Bertz CT molecular complexity index is 1080. The molecule has 0 saturated carbocycles. The fourth-order valence-corrected chi connectivity index (χ4v) is 8.12. The quantitative estimate of drug-likeness (QED) is 0.0262. The first-order valence-corrected chi connectivity index (χ1v) is 28.0. The Hall–Kier alpha value is -2.37. The zero-order chi connectivity index (χ0) is 46.5. The van der Waals surface area contributed by atoms with E-state index in [0.29, 0.717) is 19.3 Å². The van der Waals surface area contributed by atoms with E-state index in [1.54, 1.807) is 0 Å². The number of carbonyl (C=O) groups is 3. The van der Waals surface area contributed by atoms with Crippen molar-refractivity contribution in [1.29, 1.82) is 0 Å². The van der Waals surface area contributed by atoms with Gasteiger partial charge < -0.3 is 14.2 Å². The van der Waals surface area contributed by atoms with Crippen molar-refractivity contribution in [2.45, 2.75) is 303 Å². The third kappa shape index (κ3) is 50.6. The van der Waals surface area contributed by atoms with Crippen LogP contribution in [0.5, 0.6) is 0 Å². The Morgan fingerprint density at radius 2 is 0.562 bits per heavy atom. The number of hydrogen-bond acceptors (Lipinski definition) is 6. The molecule has 0 unspecified atom stereocenters. The normalized spacial score (nSPS) is 12.2. The van der Waals surface area contributed by atoms with Crippen LogP contribution in [0.15, 0.2) is 36.5 Å². The van der Waals surface area contributed by atoms with E-state index in [2.05, 4.69) is 57.2 Å². The minimum absolute atomic E-state index is 0.0771. The topological polar surface area (TPSA) is 78.9 Å². The summed E-state index contributed by atoms with van der Waals surface area (Å²) in [6.07, 6.45) is 62.7. The largest absolute Gasteiger partial charge is 0.462 e. The minimum atomic E-state index is -0.779. The third-order valence-electron chi connectivity index (χ3n) is 12.4. The Morgan fingerprint density at radius 1 is 0.312 bits per heavy atom. The van der Waals surface area contributed by atoms with Crippen molar-refractivity contribution < 1.29 is 28.6 Å². The van der Waals surface area contributed by atoms with Crippen LogP contribution >= 0.6 is 0 Å². The molecule has 0 fully saturated rings.